The maximum atomic E-state index is 14.4. The Balaban J connectivity index is 1.76. The molecule has 4 atom stereocenters. The van der Waals surface area contributed by atoms with Gasteiger partial charge in [-0.3, -0.25) is 4.68 Å². The molecule has 19 heavy (non-hydrogen) atoms. The molecule has 2 fully saturated rings. The minimum atomic E-state index is -1.09. The van der Waals surface area contributed by atoms with E-state index in [0.717, 1.165) is 3.70 Å². The number of rotatable bonds is 4. The summed E-state index contributed by atoms with van der Waals surface area (Å²) >= 11 is 2.26. The zero-order valence-corrected chi connectivity index (χ0v) is 13.7. The molecule has 0 spiro atoms. The fraction of sp³-hybridized carbons (Fsp3) is 0.786. The average Bonchev–Trinajstić information content (AvgIpc) is 2.70. The van der Waals surface area contributed by atoms with Crippen LogP contribution in [-0.2, 0) is 4.74 Å². The summed E-state index contributed by atoms with van der Waals surface area (Å²) in [5, 5.41) is 4.56. The van der Waals surface area contributed by atoms with Crippen LogP contribution in [0.5, 0.6) is 0 Å². The van der Waals surface area contributed by atoms with Gasteiger partial charge in [0.25, 0.3) is 0 Å². The van der Waals surface area contributed by atoms with E-state index in [1.807, 2.05) is 0 Å². The van der Waals surface area contributed by atoms with Crippen molar-refractivity contribution in [2.75, 3.05) is 13.7 Å². The summed E-state index contributed by atoms with van der Waals surface area (Å²) in [6.45, 7) is 4.54. The van der Waals surface area contributed by atoms with Gasteiger partial charge in [0, 0.05) is 24.8 Å². The van der Waals surface area contributed by atoms with E-state index in [4.69, 9.17) is 4.74 Å². The second-order valence-electron chi connectivity index (χ2n) is 6.28. The quantitative estimate of drug-likeness (QED) is 0.750. The van der Waals surface area contributed by atoms with Crippen molar-refractivity contribution in [3.63, 3.8) is 0 Å². The lowest BCUT2D eigenvalue weighted by Gasteiger charge is -2.22. The molecule has 0 N–H and O–H groups in total. The Kier molecular flexibility index (Phi) is 3.40. The number of hydrogen-bond donors (Lipinski definition) is 0. The van der Waals surface area contributed by atoms with Crippen LogP contribution in [0.2, 0.25) is 0 Å². The zero-order valence-electron chi connectivity index (χ0n) is 11.6. The normalized spacial score (nSPS) is 36.8. The Hall–Kier alpha value is -0.170. The molecule has 1 aromatic rings. The first kappa shape index (κ1) is 13.8. The van der Waals surface area contributed by atoms with Gasteiger partial charge in [0.1, 0.15) is 9.37 Å². The number of ether oxygens (including phenoxy) is 1. The van der Waals surface area contributed by atoms with E-state index in [-0.39, 0.29) is 6.61 Å². The van der Waals surface area contributed by atoms with Crippen LogP contribution in [0.25, 0.3) is 0 Å². The van der Waals surface area contributed by atoms with Crippen molar-refractivity contribution in [1.29, 1.82) is 0 Å². The molecule has 2 saturated carbocycles. The monoisotopic (exact) mass is 378 g/mol. The van der Waals surface area contributed by atoms with Crippen LogP contribution in [-0.4, -0.2) is 29.2 Å². The predicted molar refractivity (Wildman–Crippen MR) is 80.0 cm³/mol. The molecule has 2 aliphatic rings. The number of alkyl halides is 1. The molecule has 2 aliphatic carbocycles. The van der Waals surface area contributed by atoms with Crippen LogP contribution in [0, 0.1) is 15.5 Å². The van der Waals surface area contributed by atoms with E-state index >= 15 is 0 Å². The molecule has 3 nitrogen and oxygen atoms in total. The van der Waals surface area contributed by atoms with Crippen molar-refractivity contribution in [3.8, 4) is 0 Å². The lowest BCUT2D eigenvalue weighted by atomic mass is 9.96. The number of fused-ring (bicyclic) bond motifs is 1. The van der Waals surface area contributed by atoms with Crippen molar-refractivity contribution < 1.29 is 9.13 Å². The van der Waals surface area contributed by atoms with Crippen LogP contribution in [0.15, 0.2) is 6.07 Å². The maximum absolute atomic E-state index is 14.4. The summed E-state index contributed by atoms with van der Waals surface area (Å²) in [4.78, 5) is 0. The van der Waals surface area contributed by atoms with E-state index in [1.165, 1.54) is 5.69 Å². The minimum Gasteiger partial charge on any atom is -0.381 e. The molecule has 0 bridgehead atoms. The largest absolute Gasteiger partial charge is 0.381 e. The molecule has 0 amide bonds. The Morgan fingerprint density at radius 1 is 1.53 bits per heavy atom. The van der Waals surface area contributed by atoms with Gasteiger partial charge in [0.15, 0.2) is 0 Å². The number of halogens is 2. The summed E-state index contributed by atoms with van der Waals surface area (Å²) < 4.78 is 22.6. The highest BCUT2D eigenvalue weighted by Gasteiger charge is 2.63. The second-order valence-corrected chi connectivity index (χ2v) is 7.38. The van der Waals surface area contributed by atoms with Crippen LogP contribution in [0.4, 0.5) is 4.39 Å². The Labute approximate surface area is 127 Å². The Morgan fingerprint density at radius 2 is 2.16 bits per heavy atom. The van der Waals surface area contributed by atoms with Crippen molar-refractivity contribution in [1.82, 2.24) is 9.78 Å². The summed E-state index contributed by atoms with van der Waals surface area (Å²) in [5.74, 6) is 1.49. The first-order chi connectivity index (χ1) is 8.95. The maximum Gasteiger partial charge on any atom is 0.134 e. The molecule has 5 heteroatoms. The smallest absolute Gasteiger partial charge is 0.134 e. The van der Waals surface area contributed by atoms with Gasteiger partial charge >= 0.3 is 0 Å². The van der Waals surface area contributed by atoms with Crippen molar-refractivity contribution >= 4 is 22.6 Å². The topological polar surface area (TPSA) is 27.1 Å². The third kappa shape index (κ3) is 2.33. The Morgan fingerprint density at radius 3 is 2.68 bits per heavy atom. The van der Waals surface area contributed by atoms with E-state index in [1.54, 1.807) is 7.11 Å². The molecule has 0 saturated heterocycles. The molecular formula is C14H20FIN2O. The molecular weight excluding hydrogens is 358 g/mol. The Bertz CT molecular complexity index is 476. The summed E-state index contributed by atoms with van der Waals surface area (Å²) in [6.07, 6.45) is 1.30. The van der Waals surface area contributed by atoms with Gasteiger partial charge in [-0.25, -0.2) is 4.39 Å². The minimum absolute atomic E-state index is 0.244. The van der Waals surface area contributed by atoms with Crippen LogP contribution in [0.3, 0.4) is 0 Å². The van der Waals surface area contributed by atoms with Gasteiger partial charge in [0.2, 0.25) is 0 Å². The molecule has 0 aliphatic heterocycles. The molecule has 0 radical (unpaired) electrons. The number of methoxy groups -OCH3 is 1. The first-order valence-corrected chi connectivity index (χ1v) is 7.96. The van der Waals surface area contributed by atoms with E-state index in [2.05, 4.69) is 52.3 Å². The molecule has 1 heterocycles. The highest BCUT2D eigenvalue weighted by molar-refractivity contribution is 14.1. The first-order valence-electron chi connectivity index (χ1n) is 6.88. The van der Waals surface area contributed by atoms with Gasteiger partial charge in [-0.2, -0.15) is 5.10 Å². The summed E-state index contributed by atoms with van der Waals surface area (Å²) in [5.41, 5.74) is 0.213. The third-order valence-electron chi connectivity index (χ3n) is 4.50. The molecule has 3 rings (SSSR count). The lowest BCUT2D eigenvalue weighted by Crippen LogP contribution is -2.27. The number of nitrogens with zero attached hydrogens (tertiary/aromatic N) is 2. The zero-order chi connectivity index (χ0) is 13.8. The fourth-order valence-corrected chi connectivity index (χ4v) is 4.34. The van der Waals surface area contributed by atoms with E-state index in [9.17, 15) is 4.39 Å². The van der Waals surface area contributed by atoms with Gasteiger partial charge in [-0.05, 0) is 67.2 Å². The molecule has 0 aromatic carbocycles. The van der Waals surface area contributed by atoms with E-state index < -0.39 is 5.67 Å². The second kappa shape index (κ2) is 4.69. The highest BCUT2D eigenvalue weighted by Crippen LogP contribution is 2.66. The number of aromatic nitrogens is 2. The van der Waals surface area contributed by atoms with Gasteiger partial charge in [-0.15, -0.1) is 0 Å². The number of hydrogen-bond acceptors (Lipinski definition) is 2. The van der Waals surface area contributed by atoms with E-state index in [0.29, 0.717) is 36.6 Å². The lowest BCUT2D eigenvalue weighted by molar-refractivity contribution is 0.0353. The fourth-order valence-electron chi connectivity index (χ4n) is 3.79. The van der Waals surface area contributed by atoms with Gasteiger partial charge in [0.05, 0.1) is 6.61 Å². The van der Waals surface area contributed by atoms with Crippen molar-refractivity contribution in [2.45, 2.75) is 44.3 Å². The summed E-state index contributed by atoms with van der Waals surface area (Å²) in [7, 11) is 1.58. The average molecular weight is 378 g/mol. The molecule has 1 aromatic heterocycles. The van der Waals surface area contributed by atoms with Crippen molar-refractivity contribution in [2.24, 2.45) is 11.8 Å². The molecule has 1 unspecified atom stereocenters. The highest BCUT2D eigenvalue weighted by atomic mass is 127. The van der Waals surface area contributed by atoms with Gasteiger partial charge < -0.3 is 4.74 Å². The van der Waals surface area contributed by atoms with Crippen LogP contribution in [0.1, 0.15) is 44.3 Å². The van der Waals surface area contributed by atoms with Crippen LogP contribution >= 0.6 is 22.6 Å². The van der Waals surface area contributed by atoms with Gasteiger partial charge in [-0.1, -0.05) is 0 Å². The SMILES string of the molecule is COCC1(F)C[C@@H]2[C@H](C1)[C@H]2c1cc(I)nn1C(C)C. The van der Waals surface area contributed by atoms with Crippen molar-refractivity contribution in [3.05, 3.63) is 15.5 Å². The predicted octanol–water partition coefficient (Wildman–Crippen LogP) is 3.55. The summed E-state index contributed by atoms with van der Waals surface area (Å²) in [6, 6.07) is 2.54. The third-order valence-corrected chi connectivity index (χ3v) is 5.03. The van der Waals surface area contributed by atoms with Crippen LogP contribution < -0.4 is 0 Å². The molecule has 106 valence electrons. The standard InChI is InChI=1S/C14H20FIN2O/c1-8(2)18-11(4-12(16)17-18)13-9-5-14(15,7-19-3)6-10(9)13/h4,8-10,13H,5-7H2,1-3H3/t9-,10+,13+,14?.